The summed E-state index contributed by atoms with van der Waals surface area (Å²) in [6, 6.07) is 12.3. The minimum Gasteiger partial charge on any atom is -0.479 e. The first-order valence-electron chi connectivity index (χ1n) is 9.15. The van der Waals surface area contributed by atoms with Gasteiger partial charge in [-0.1, -0.05) is 30.3 Å². The van der Waals surface area contributed by atoms with Crippen molar-refractivity contribution >= 4 is 16.9 Å². The van der Waals surface area contributed by atoms with E-state index >= 15 is 0 Å². The number of aliphatic carboxylic acids is 1. The molecule has 28 heavy (non-hydrogen) atoms. The maximum atomic E-state index is 15.0. The standard InChI is InChI=1S/C23H24FNO3/c1-13-10-11-15(17(24)12-13)20-16-8-6-7-9-18(16)25-14(2)19(20)21(22(26)27)28-23(3,4)5/h6-12,21H,1-5H3,(H,26,27)/t21-/m0/s1. The molecule has 0 unspecified atom stereocenters. The van der Waals surface area contributed by atoms with Gasteiger partial charge in [-0.05, 0) is 52.3 Å². The molecule has 0 aliphatic carbocycles. The molecular formula is C23H24FNO3. The van der Waals surface area contributed by atoms with Crippen molar-refractivity contribution in [2.24, 2.45) is 0 Å². The molecule has 0 saturated carbocycles. The second-order valence-corrected chi connectivity index (χ2v) is 7.93. The van der Waals surface area contributed by atoms with Gasteiger partial charge in [0.25, 0.3) is 0 Å². The van der Waals surface area contributed by atoms with E-state index in [2.05, 4.69) is 4.98 Å². The summed E-state index contributed by atoms with van der Waals surface area (Å²) in [5.41, 5.74) is 2.50. The average molecular weight is 381 g/mol. The molecule has 0 spiro atoms. The minimum atomic E-state index is -1.27. The van der Waals surface area contributed by atoms with Crippen LogP contribution >= 0.6 is 0 Å². The number of carboxylic acids is 1. The van der Waals surface area contributed by atoms with Crippen LogP contribution in [0.2, 0.25) is 0 Å². The fraction of sp³-hybridized carbons (Fsp3) is 0.304. The Morgan fingerprint density at radius 3 is 2.43 bits per heavy atom. The van der Waals surface area contributed by atoms with Crippen LogP contribution < -0.4 is 0 Å². The SMILES string of the molecule is Cc1ccc(-c2c([C@H](OC(C)(C)C)C(=O)O)c(C)nc3ccccc23)c(F)c1. The lowest BCUT2D eigenvalue weighted by Crippen LogP contribution is -2.28. The summed E-state index contributed by atoms with van der Waals surface area (Å²) >= 11 is 0. The summed E-state index contributed by atoms with van der Waals surface area (Å²) in [4.78, 5) is 16.7. The van der Waals surface area contributed by atoms with Crippen LogP contribution in [0, 0.1) is 19.7 Å². The van der Waals surface area contributed by atoms with Gasteiger partial charge in [-0.25, -0.2) is 9.18 Å². The van der Waals surface area contributed by atoms with E-state index in [4.69, 9.17) is 4.74 Å². The molecule has 0 bridgehead atoms. The zero-order chi connectivity index (χ0) is 20.6. The van der Waals surface area contributed by atoms with Crippen molar-refractivity contribution in [1.82, 2.24) is 4.98 Å². The maximum Gasteiger partial charge on any atom is 0.337 e. The molecule has 146 valence electrons. The van der Waals surface area contributed by atoms with Crippen LogP contribution in [0.1, 0.15) is 43.7 Å². The number of benzene rings is 2. The number of para-hydroxylation sites is 1. The summed E-state index contributed by atoms with van der Waals surface area (Å²) in [5, 5.41) is 10.6. The zero-order valence-electron chi connectivity index (χ0n) is 16.7. The van der Waals surface area contributed by atoms with Crippen LogP contribution in [-0.2, 0) is 9.53 Å². The highest BCUT2D eigenvalue weighted by atomic mass is 19.1. The molecule has 0 radical (unpaired) electrons. The van der Waals surface area contributed by atoms with Crippen molar-refractivity contribution in [1.29, 1.82) is 0 Å². The molecule has 1 heterocycles. The molecule has 3 rings (SSSR count). The number of pyridine rings is 1. The van der Waals surface area contributed by atoms with E-state index in [9.17, 15) is 14.3 Å². The predicted molar refractivity (Wildman–Crippen MR) is 108 cm³/mol. The summed E-state index contributed by atoms with van der Waals surface area (Å²) in [6.45, 7) is 8.92. The Bertz CT molecular complexity index is 1050. The van der Waals surface area contributed by atoms with Gasteiger partial charge >= 0.3 is 5.97 Å². The van der Waals surface area contributed by atoms with Gasteiger partial charge in [0, 0.05) is 27.8 Å². The van der Waals surface area contributed by atoms with E-state index < -0.39 is 23.5 Å². The van der Waals surface area contributed by atoms with E-state index in [1.165, 1.54) is 6.07 Å². The molecule has 0 saturated heterocycles. The summed E-state index contributed by atoms with van der Waals surface area (Å²) < 4.78 is 20.8. The molecule has 1 aromatic heterocycles. The third kappa shape index (κ3) is 3.90. The first-order valence-corrected chi connectivity index (χ1v) is 9.15. The van der Waals surface area contributed by atoms with Crippen molar-refractivity contribution < 1.29 is 19.0 Å². The van der Waals surface area contributed by atoms with Crippen molar-refractivity contribution in [3.8, 4) is 11.1 Å². The Morgan fingerprint density at radius 2 is 1.82 bits per heavy atom. The first kappa shape index (κ1) is 20.0. The van der Waals surface area contributed by atoms with Crippen molar-refractivity contribution in [2.45, 2.75) is 46.3 Å². The van der Waals surface area contributed by atoms with Crippen molar-refractivity contribution in [3.63, 3.8) is 0 Å². The quantitative estimate of drug-likeness (QED) is 0.639. The first-order chi connectivity index (χ1) is 13.1. The zero-order valence-corrected chi connectivity index (χ0v) is 16.7. The van der Waals surface area contributed by atoms with Crippen molar-refractivity contribution in [3.05, 3.63) is 65.1 Å². The molecule has 5 heteroatoms. The fourth-order valence-electron chi connectivity index (χ4n) is 3.37. The monoisotopic (exact) mass is 381 g/mol. The Balaban J connectivity index is 2.42. The predicted octanol–water partition coefficient (Wildman–Crippen LogP) is 5.60. The number of carboxylic acid groups (broad SMARTS) is 1. The number of ether oxygens (including phenoxy) is 1. The highest BCUT2D eigenvalue weighted by molar-refractivity contribution is 5.98. The molecular weight excluding hydrogens is 357 g/mol. The number of carbonyl (C=O) groups is 1. The van der Waals surface area contributed by atoms with Gasteiger partial charge in [-0.3, -0.25) is 4.98 Å². The summed E-state index contributed by atoms with van der Waals surface area (Å²) in [7, 11) is 0. The lowest BCUT2D eigenvalue weighted by molar-refractivity contribution is -0.160. The van der Waals surface area contributed by atoms with Crippen LogP contribution in [0.25, 0.3) is 22.0 Å². The molecule has 0 aliphatic rings. The van der Waals surface area contributed by atoms with Gasteiger partial charge < -0.3 is 9.84 Å². The highest BCUT2D eigenvalue weighted by Gasteiger charge is 2.32. The van der Waals surface area contributed by atoms with Gasteiger partial charge in [0.1, 0.15) is 5.82 Å². The fourth-order valence-corrected chi connectivity index (χ4v) is 3.37. The van der Waals surface area contributed by atoms with E-state index in [-0.39, 0.29) is 0 Å². The molecule has 2 aromatic carbocycles. The highest BCUT2D eigenvalue weighted by Crippen LogP contribution is 2.40. The van der Waals surface area contributed by atoms with Gasteiger partial charge in [0.2, 0.25) is 0 Å². The second-order valence-electron chi connectivity index (χ2n) is 7.93. The molecule has 1 atom stereocenters. The molecule has 0 amide bonds. The van der Waals surface area contributed by atoms with Gasteiger partial charge in [-0.15, -0.1) is 0 Å². The lowest BCUT2D eigenvalue weighted by Gasteiger charge is -2.28. The molecule has 0 aliphatic heterocycles. The number of hydrogen-bond acceptors (Lipinski definition) is 3. The lowest BCUT2D eigenvalue weighted by atomic mass is 9.90. The van der Waals surface area contributed by atoms with E-state index in [0.29, 0.717) is 33.3 Å². The number of fused-ring (bicyclic) bond motifs is 1. The number of hydrogen-bond donors (Lipinski definition) is 1. The number of rotatable bonds is 4. The second kappa shape index (κ2) is 7.32. The molecule has 4 nitrogen and oxygen atoms in total. The number of aryl methyl sites for hydroxylation is 2. The Kier molecular flexibility index (Phi) is 5.22. The summed E-state index contributed by atoms with van der Waals surface area (Å²) in [5.74, 6) is -1.54. The van der Waals surface area contributed by atoms with Crippen LogP contribution in [0.3, 0.4) is 0 Å². The van der Waals surface area contributed by atoms with Crippen LogP contribution in [0.15, 0.2) is 42.5 Å². The largest absolute Gasteiger partial charge is 0.479 e. The Labute approximate surface area is 164 Å². The van der Waals surface area contributed by atoms with Gasteiger partial charge in [-0.2, -0.15) is 0 Å². The minimum absolute atomic E-state index is 0.339. The van der Waals surface area contributed by atoms with E-state index in [1.807, 2.05) is 37.3 Å². The van der Waals surface area contributed by atoms with E-state index in [1.54, 1.807) is 33.8 Å². The van der Waals surface area contributed by atoms with Crippen LogP contribution in [0.5, 0.6) is 0 Å². The molecule has 3 aromatic rings. The number of aromatic nitrogens is 1. The Hall–Kier alpha value is -2.79. The Morgan fingerprint density at radius 1 is 1.14 bits per heavy atom. The maximum absolute atomic E-state index is 15.0. The third-order valence-corrected chi connectivity index (χ3v) is 4.47. The van der Waals surface area contributed by atoms with Crippen LogP contribution in [0.4, 0.5) is 4.39 Å². The molecule has 0 fully saturated rings. The topological polar surface area (TPSA) is 59.4 Å². The third-order valence-electron chi connectivity index (χ3n) is 4.47. The van der Waals surface area contributed by atoms with Gasteiger partial charge in [0.15, 0.2) is 6.10 Å². The number of halogens is 1. The molecule has 1 N–H and O–H groups in total. The van der Waals surface area contributed by atoms with Crippen LogP contribution in [-0.4, -0.2) is 21.7 Å². The van der Waals surface area contributed by atoms with E-state index in [0.717, 1.165) is 5.56 Å². The number of nitrogens with zero attached hydrogens (tertiary/aromatic N) is 1. The normalized spacial score (nSPS) is 12.9. The summed E-state index contributed by atoms with van der Waals surface area (Å²) in [6.07, 6.45) is -1.27. The van der Waals surface area contributed by atoms with Crippen molar-refractivity contribution in [2.75, 3.05) is 0 Å². The average Bonchev–Trinajstić information content (AvgIpc) is 2.58. The van der Waals surface area contributed by atoms with Gasteiger partial charge in [0.05, 0.1) is 11.1 Å². The smallest absolute Gasteiger partial charge is 0.337 e.